The highest BCUT2D eigenvalue weighted by Gasteiger charge is 2.37. The Morgan fingerprint density at radius 3 is 2.47 bits per heavy atom. The summed E-state index contributed by atoms with van der Waals surface area (Å²) in [5, 5.41) is 1.03. The van der Waals surface area contributed by atoms with E-state index < -0.39 is 0 Å². The first-order chi connectivity index (χ1) is 9.15. The maximum Gasteiger partial charge on any atom is 0.228 e. The first-order valence-electron chi connectivity index (χ1n) is 7.73. The molecule has 4 heteroatoms. The lowest BCUT2D eigenvalue weighted by molar-refractivity contribution is -0.143. The van der Waals surface area contributed by atoms with Crippen molar-refractivity contribution < 1.29 is 4.79 Å². The predicted octanol–water partition coefficient (Wildman–Crippen LogP) is 2.89. The summed E-state index contributed by atoms with van der Waals surface area (Å²) in [6.07, 6.45) is 7.06. The minimum atomic E-state index is -0.0666. The van der Waals surface area contributed by atoms with Gasteiger partial charge in [0, 0.05) is 36.9 Å². The maximum absolute atomic E-state index is 12.8. The molecular formula is C15H27BrN2O. The van der Waals surface area contributed by atoms with E-state index in [0.717, 1.165) is 57.3 Å². The second-order valence-corrected chi connectivity index (χ2v) is 7.09. The Labute approximate surface area is 125 Å². The minimum absolute atomic E-state index is 0.0666. The standard InChI is InChI=1S/C15H27BrN2O/c1-15(6-3-2-4-7-15)14(19)18-10-5-9-17(11-8-16)12-13-18/h2-13H2,1H3. The summed E-state index contributed by atoms with van der Waals surface area (Å²) in [5.74, 6) is 0.424. The fourth-order valence-electron chi connectivity index (χ4n) is 3.44. The number of rotatable bonds is 3. The summed E-state index contributed by atoms with van der Waals surface area (Å²) in [5.41, 5.74) is -0.0666. The van der Waals surface area contributed by atoms with Crippen LogP contribution in [0.1, 0.15) is 45.4 Å². The summed E-state index contributed by atoms with van der Waals surface area (Å²) in [4.78, 5) is 17.4. The van der Waals surface area contributed by atoms with Gasteiger partial charge in [-0.15, -0.1) is 0 Å². The zero-order valence-electron chi connectivity index (χ0n) is 12.2. The summed E-state index contributed by atoms with van der Waals surface area (Å²) < 4.78 is 0. The highest BCUT2D eigenvalue weighted by molar-refractivity contribution is 9.09. The number of carbonyl (C=O) groups is 1. The summed E-state index contributed by atoms with van der Waals surface area (Å²) >= 11 is 3.50. The molecule has 1 aliphatic carbocycles. The van der Waals surface area contributed by atoms with Gasteiger partial charge in [0.25, 0.3) is 0 Å². The van der Waals surface area contributed by atoms with Gasteiger partial charge in [0.2, 0.25) is 5.91 Å². The van der Waals surface area contributed by atoms with E-state index in [-0.39, 0.29) is 5.41 Å². The third kappa shape index (κ3) is 3.94. The molecule has 1 saturated heterocycles. The summed E-state index contributed by atoms with van der Waals surface area (Å²) in [6.45, 7) is 7.32. The van der Waals surface area contributed by atoms with Gasteiger partial charge in [-0.3, -0.25) is 4.79 Å². The van der Waals surface area contributed by atoms with E-state index in [1.807, 2.05) is 0 Å². The monoisotopic (exact) mass is 330 g/mol. The van der Waals surface area contributed by atoms with Gasteiger partial charge in [-0.25, -0.2) is 0 Å². The zero-order chi connectivity index (χ0) is 13.7. The van der Waals surface area contributed by atoms with Crippen molar-refractivity contribution in [2.45, 2.75) is 45.4 Å². The molecule has 0 aromatic heterocycles. The molecule has 1 amide bonds. The molecule has 1 aliphatic heterocycles. The number of hydrogen-bond donors (Lipinski definition) is 0. The van der Waals surface area contributed by atoms with E-state index in [2.05, 4.69) is 32.7 Å². The quantitative estimate of drug-likeness (QED) is 0.743. The topological polar surface area (TPSA) is 23.6 Å². The first kappa shape index (κ1) is 15.3. The maximum atomic E-state index is 12.8. The highest BCUT2D eigenvalue weighted by Crippen LogP contribution is 2.37. The Morgan fingerprint density at radius 2 is 1.79 bits per heavy atom. The van der Waals surface area contributed by atoms with Crippen molar-refractivity contribution in [1.29, 1.82) is 0 Å². The molecule has 0 spiro atoms. The fourth-order valence-corrected chi connectivity index (χ4v) is 3.95. The molecule has 0 aromatic rings. The van der Waals surface area contributed by atoms with Crippen LogP contribution >= 0.6 is 15.9 Å². The van der Waals surface area contributed by atoms with Gasteiger partial charge in [-0.05, 0) is 25.8 Å². The van der Waals surface area contributed by atoms with Crippen molar-refractivity contribution in [3.8, 4) is 0 Å². The van der Waals surface area contributed by atoms with Crippen molar-refractivity contribution in [3.05, 3.63) is 0 Å². The lowest BCUT2D eigenvalue weighted by atomic mass is 9.74. The van der Waals surface area contributed by atoms with Crippen LogP contribution in [0, 0.1) is 5.41 Å². The summed E-state index contributed by atoms with van der Waals surface area (Å²) in [6, 6.07) is 0. The van der Waals surface area contributed by atoms with Gasteiger partial charge in [0.05, 0.1) is 0 Å². The van der Waals surface area contributed by atoms with Crippen molar-refractivity contribution in [2.24, 2.45) is 5.41 Å². The van der Waals surface area contributed by atoms with Gasteiger partial charge in [-0.2, -0.15) is 0 Å². The number of halogens is 1. The number of nitrogens with zero attached hydrogens (tertiary/aromatic N) is 2. The van der Waals surface area contributed by atoms with Crippen LogP contribution in [-0.2, 0) is 4.79 Å². The first-order valence-corrected chi connectivity index (χ1v) is 8.85. The molecule has 0 radical (unpaired) electrons. The van der Waals surface area contributed by atoms with E-state index in [9.17, 15) is 4.79 Å². The van der Waals surface area contributed by atoms with Gasteiger partial charge < -0.3 is 9.80 Å². The van der Waals surface area contributed by atoms with Crippen LogP contribution in [0.15, 0.2) is 0 Å². The van der Waals surface area contributed by atoms with Crippen molar-refractivity contribution in [2.75, 3.05) is 38.1 Å². The Bertz CT molecular complexity index is 303. The fraction of sp³-hybridized carbons (Fsp3) is 0.933. The third-order valence-corrected chi connectivity index (χ3v) is 5.10. The molecule has 2 aliphatic rings. The second kappa shape index (κ2) is 7.07. The van der Waals surface area contributed by atoms with Crippen LogP contribution in [0.25, 0.3) is 0 Å². The van der Waals surface area contributed by atoms with Gasteiger partial charge in [0.1, 0.15) is 0 Å². The summed E-state index contributed by atoms with van der Waals surface area (Å²) in [7, 11) is 0. The molecule has 0 unspecified atom stereocenters. The second-order valence-electron chi connectivity index (χ2n) is 6.30. The van der Waals surface area contributed by atoms with E-state index in [4.69, 9.17) is 0 Å². The molecule has 0 N–H and O–H groups in total. The average molecular weight is 331 g/mol. The zero-order valence-corrected chi connectivity index (χ0v) is 13.8. The molecule has 0 bridgehead atoms. The smallest absolute Gasteiger partial charge is 0.228 e. The predicted molar refractivity (Wildman–Crippen MR) is 82.6 cm³/mol. The molecule has 19 heavy (non-hydrogen) atoms. The molecule has 3 nitrogen and oxygen atoms in total. The lowest BCUT2D eigenvalue weighted by Gasteiger charge is -2.36. The molecule has 2 fully saturated rings. The van der Waals surface area contributed by atoms with E-state index in [1.165, 1.54) is 19.3 Å². The van der Waals surface area contributed by atoms with Crippen LogP contribution in [0.3, 0.4) is 0 Å². The van der Waals surface area contributed by atoms with Gasteiger partial charge in [-0.1, -0.05) is 42.1 Å². The Kier molecular flexibility index (Phi) is 5.70. The van der Waals surface area contributed by atoms with Crippen LogP contribution in [0.2, 0.25) is 0 Å². The van der Waals surface area contributed by atoms with E-state index >= 15 is 0 Å². The molecule has 0 aromatic carbocycles. The molecule has 2 rings (SSSR count). The molecule has 0 atom stereocenters. The van der Waals surface area contributed by atoms with Gasteiger partial charge in [0.15, 0.2) is 0 Å². The van der Waals surface area contributed by atoms with Gasteiger partial charge >= 0.3 is 0 Å². The van der Waals surface area contributed by atoms with Crippen LogP contribution in [-0.4, -0.2) is 53.8 Å². The number of amides is 1. The van der Waals surface area contributed by atoms with Crippen molar-refractivity contribution >= 4 is 21.8 Å². The molecule has 110 valence electrons. The lowest BCUT2D eigenvalue weighted by Crippen LogP contribution is -2.45. The molecule has 1 saturated carbocycles. The Balaban J connectivity index is 1.92. The average Bonchev–Trinajstić information content (AvgIpc) is 2.65. The van der Waals surface area contributed by atoms with Crippen LogP contribution in [0.5, 0.6) is 0 Å². The highest BCUT2D eigenvalue weighted by atomic mass is 79.9. The number of alkyl halides is 1. The Morgan fingerprint density at radius 1 is 1.05 bits per heavy atom. The largest absolute Gasteiger partial charge is 0.341 e. The SMILES string of the molecule is CC1(C(=O)N2CCCN(CCBr)CC2)CCCCC1. The molecular weight excluding hydrogens is 304 g/mol. The Hall–Kier alpha value is -0.0900. The van der Waals surface area contributed by atoms with Crippen LogP contribution in [0.4, 0.5) is 0 Å². The third-order valence-electron chi connectivity index (χ3n) is 4.75. The van der Waals surface area contributed by atoms with Crippen LogP contribution < -0.4 is 0 Å². The van der Waals surface area contributed by atoms with E-state index in [0.29, 0.717) is 5.91 Å². The normalized spacial score (nSPS) is 25.1. The van der Waals surface area contributed by atoms with Crippen molar-refractivity contribution in [1.82, 2.24) is 9.80 Å². The van der Waals surface area contributed by atoms with Crippen molar-refractivity contribution in [3.63, 3.8) is 0 Å². The minimum Gasteiger partial charge on any atom is -0.341 e. The van der Waals surface area contributed by atoms with E-state index in [1.54, 1.807) is 0 Å². The molecule has 1 heterocycles. The number of hydrogen-bond acceptors (Lipinski definition) is 2. The number of carbonyl (C=O) groups excluding carboxylic acids is 1.